The summed E-state index contributed by atoms with van der Waals surface area (Å²) in [5.41, 5.74) is 2.74. The van der Waals surface area contributed by atoms with Crippen molar-refractivity contribution in [1.82, 2.24) is 19.9 Å². The van der Waals surface area contributed by atoms with E-state index in [1.807, 2.05) is 66.7 Å². The fourth-order valence-corrected chi connectivity index (χ4v) is 3.24. The highest BCUT2D eigenvalue weighted by Gasteiger charge is 2.42. The number of hydrogen-bond acceptors (Lipinski definition) is 5. The second-order valence-electron chi connectivity index (χ2n) is 5.93. The van der Waals surface area contributed by atoms with Gasteiger partial charge in [-0.2, -0.15) is 0 Å². The minimum Gasteiger partial charge on any atom is -0.359 e. The summed E-state index contributed by atoms with van der Waals surface area (Å²) in [4.78, 5) is 18.4. The van der Waals surface area contributed by atoms with Crippen LogP contribution in [0, 0.1) is 0 Å². The summed E-state index contributed by atoms with van der Waals surface area (Å²) in [5, 5.41) is 0. The number of hydrogen-bond donors (Lipinski definition) is 0. The molecule has 27 heavy (non-hydrogen) atoms. The molecule has 0 aliphatic carbocycles. The quantitative estimate of drug-likeness (QED) is 0.544. The molecule has 0 amide bonds. The third kappa shape index (κ3) is 2.98. The predicted octanol–water partition coefficient (Wildman–Crippen LogP) is 3.87. The van der Waals surface area contributed by atoms with Crippen LogP contribution in [-0.4, -0.2) is 27.0 Å². The molecular weight excluding hydrogens is 336 g/mol. The molecule has 0 bridgehead atoms. The van der Waals surface area contributed by atoms with Crippen molar-refractivity contribution in [2.75, 3.05) is 7.11 Å². The molecule has 0 aliphatic heterocycles. The number of rotatable bonds is 5. The van der Waals surface area contributed by atoms with Gasteiger partial charge in [0.1, 0.15) is 0 Å². The van der Waals surface area contributed by atoms with E-state index in [4.69, 9.17) is 9.72 Å². The Morgan fingerprint density at radius 1 is 0.630 bits per heavy atom. The summed E-state index contributed by atoms with van der Waals surface area (Å²) < 4.78 is 6.14. The highest BCUT2D eigenvalue weighted by molar-refractivity contribution is 5.65. The van der Waals surface area contributed by atoms with Gasteiger partial charge in [-0.25, -0.2) is 0 Å². The first-order chi connectivity index (χ1) is 13.4. The topological polar surface area (TPSA) is 60.8 Å². The van der Waals surface area contributed by atoms with Crippen LogP contribution in [-0.2, 0) is 10.3 Å². The van der Waals surface area contributed by atoms with Crippen LogP contribution in [0.15, 0.2) is 91.5 Å². The second kappa shape index (κ2) is 7.43. The van der Waals surface area contributed by atoms with Crippen molar-refractivity contribution >= 4 is 0 Å². The number of methoxy groups -OCH3 is 1. The maximum absolute atomic E-state index is 6.14. The molecular formula is C22H18N4O. The normalized spacial score (nSPS) is 11.3. The average Bonchev–Trinajstić information content (AvgIpc) is 2.77. The maximum Gasteiger partial charge on any atom is 0.194 e. The highest BCUT2D eigenvalue weighted by Crippen LogP contribution is 2.40. The molecule has 0 unspecified atom stereocenters. The van der Waals surface area contributed by atoms with Crippen LogP contribution >= 0.6 is 0 Å². The molecule has 4 aromatic rings. The smallest absolute Gasteiger partial charge is 0.194 e. The zero-order valence-electron chi connectivity index (χ0n) is 14.9. The lowest BCUT2D eigenvalue weighted by Crippen LogP contribution is -2.35. The lowest BCUT2D eigenvalue weighted by atomic mass is 9.86. The van der Waals surface area contributed by atoms with Crippen LogP contribution in [0.2, 0.25) is 0 Å². The summed E-state index contributed by atoms with van der Waals surface area (Å²) >= 11 is 0. The molecule has 5 nitrogen and oxygen atoms in total. The molecule has 0 saturated heterocycles. The Balaban J connectivity index is 2.05. The van der Waals surface area contributed by atoms with Crippen LogP contribution in [0.3, 0.4) is 0 Å². The third-order valence-electron chi connectivity index (χ3n) is 4.44. The van der Waals surface area contributed by atoms with Crippen molar-refractivity contribution in [2.24, 2.45) is 0 Å². The van der Waals surface area contributed by atoms with E-state index >= 15 is 0 Å². The van der Waals surface area contributed by atoms with Crippen molar-refractivity contribution in [3.8, 4) is 11.3 Å². The van der Waals surface area contributed by atoms with Crippen LogP contribution in [0.5, 0.6) is 0 Å². The Bertz CT molecular complexity index is 968. The second-order valence-corrected chi connectivity index (χ2v) is 5.93. The molecule has 4 heterocycles. The molecule has 0 saturated carbocycles. The van der Waals surface area contributed by atoms with Gasteiger partial charge in [0.05, 0.1) is 22.8 Å². The van der Waals surface area contributed by atoms with Gasteiger partial charge in [0.25, 0.3) is 0 Å². The standard InChI is InChI=1S/C22H18N4O/c1-27-22(19-11-3-6-14-24-19,20-12-4-7-15-25-20)21-17(9-8-16-26-21)18-10-2-5-13-23-18/h2-16H,1H3. The van der Waals surface area contributed by atoms with E-state index in [0.29, 0.717) is 17.1 Å². The van der Waals surface area contributed by atoms with Crippen LogP contribution < -0.4 is 0 Å². The molecule has 0 fully saturated rings. The van der Waals surface area contributed by atoms with Crippen molar-refractivity contribution < 1.29 is 4.74 Å². The largest absolute Gasteiger partial charge is 0.359 e. The molecule has 0 spiro atoms. The Kier molecular flexibility index (Phi) is 4.68. The first-order valence-corrected chi connectivity index (χ1v) is 8.61. The van der Waals surface area contributed by atoms with Crippen molar-refractivity contribution in [3.63, 3.8) is 0 Å². The van der Waals surface area contributed by atoms with E-state index in [-0.39, 0.29) is 0 Å². The van der Waals surface area contributed by atoms with Gasteiger partial charge in [-0.05, 0) is 48.5 Å². The molecule has 0 N–H and O–H groups in total. The summed E-state index contributed by atoms with van der Waals surface area (Å²) in [6.07, 6.45) is 7.01. The maximum atomic E-state index is 6.14. The van der Waals surface area contributed by atoms with Crippen LogP contribution in [0.25, 0.3) is 11.3 Å². The molecule has 0 atom stereocenters. The lowest BCUT2D eigenvalue weighted by molar-refractivity contribution is 0.0479. The zero-order valence-corrected chi connectivity index (χ0v) is 14.9. The average molecular weight is 354 g/mol. The monoisotopic (exact) mass is 354 g/mol. The van der Waals surface area contributed by atoms with E-state index in [1.54, 1.807) is 31.9 Å². The van der Waals surface area contributed by atoms with E-state index in [2.05, 4.69) is 15.0 Å². The first kappa shape index (κ1) is 17.0. The van der Waals surface area contributed by atoms with Crippen molar-refractivity contribution in [1.29, 1.82) is 0 Å². The molecule has 0 aromatic carbocycles. The summed E-state index contributed by atoms with van der Waals surface area (Å²) in [5.74, 6) is 0. The van der Waals surface area contributed by atoms with Crippen molar-refractivity contribution in [3.05, 3.63) is 109 Å². The number of nitrogens with zero attached hydrogens (tertiary/aromatic N) is 4. The van der Waals surface area contributed by atoms with E-state index < -0.39 is 5.60 Å². The fraction of sp³-hybridized carbons (Fsp3) is 0.0909. The Hall–Kier alpha value is -3.44. The third-order valence-corrected chi connectivity index (χ3v) is 4.44. The minimum atomic E-state index is -1.06. The predicted molar refractivity (Wildman–Crippen MR) is 103 cm³/mol. The van der Waals surface area contributed by atoms with E-state index in [9.17, 15) is 0 Å². The van der Waals surface area contributed by atoms with Gasteiger partial charge in [-0.3, -0.25) is 19.9 Å². The number of ether oxygens (including phenoxy) is 1. The van der Waals surface area contributed by atoms with Gasteiger partial charge in [0.2, 0.25) is 0 Å². The van der Waals surface area contributed by atoms with Crippen molar-refractivity contribution in [2.45, 2.75) is 5.60 Å². The number of pyridine rings is 4. The first-order valence-electron chi connectivity index (χ1n) is 8.61. The SMILES string of the molecule is COC(c1ccccn1)(c1ccccn1)c1ncccc1-c1ccccn1. The van der Waals surface area contributed by atoms with Gasteiger partial charge in [0, 0.05) is 37.5 Å². The molecule has 4 aromatic heterocycles. The van der Waals surface area contributed by atoms with E-state index in [0.717, 1.165) is 11.3 Å². The Morgan fingerprint density at radius 2 is 1.22 bits per heavy atom. The molecule has 0 radical (unpaired) electrons. The fourth-order valence-electron chi connectivity index (χ4n) is 3.24. The molecule has 4 rings (SSSR count). The van der Waals surface area contributed by atoms with Gasteiger partial charge in [-0.15, -0.1) is 0 Å². The van der Waals surface area contributed by atoms with Crippen LogP contribution in [0.4, 0.5) is 0 Å². The molecule has 132 valence electrons. The summed E-state index contributed by atoms with van der Waals surface area (Å²) in [6, 6.07) is 21.2. The van der Waals surface area contributed by atoms with E-state index in [1.165, 1.54) is 0 Å². The molecule has 0 aliphatic rings. The Labute approximate surface area is 157 Å². The minimum absolute atomic E-state index is 0.698. The van der Waals surface area contributed by atoms with Crippen LogP contribution in [0.1, 0.15) is 17.1 Å². The molecule has 5 heteroatoms. The summed E-state index contributed by atoms with van der Waals surface area (Å²) in [6.45, 7) is 0. The van der Waals surface area contributed by atoms with Gasteiger partial charge >= 0.3 is 0 Å². The van der Waals surface area contributed by atoms with Gasteiger partial charge in [-0.1, -0.05) is 18.2 Å². The van der Waals surface area contributed by atoms with Gasteiger partial charge in [0.15, 0.2) is 5.60 Å². The van der Waals surface area contributed by atoms with Gasteiger partial charge < -0.3 is 4.74 Å². The Morgan fingerprint density at radius 3 is 1.74 bits per heavy atom. The highest BCUT2D eigenvalue weighted by atomic mass is 16.5. The lowest BCUT2D eigenvalue weighted by Gasteiger charge is -2.32. The summed E-state index contributed by atoms with van der Waals surface area (Å²) in [7, 11) is 1.65. The zero-order chi connectivity index (χ0) is 18.5. The number of aromatic nitrogens is 4.